The topological polar surface area (TPSA) is 32.5 Å². The molecule has 2 N–H and O–H groups in total. The van der Waals surface area contributed by atoms with Crippen LogP contribution < -0.4 is 5.73 Å². The zero-order valence-corrected chi connectivity index (χ0v) is 20.5. The van der Waals surface area contributed by atoms with E-state index in [9.17, 15) is 0 Å². The molecule has 3 heteroatoms. The number of unbranched alkanes of at least 4 members (excludes halogenated alkanes) is 2. The van der Waals surface area contributed by atoms with Crippen LogP contribution in [0.2, 0.25) is 0 Å². The van der Waals surface area contributed by atoms with E-state index >= 15 is 0 Å². The molecular formula is C26H53N3. The van der Waals surface area contributed by atoms with Gasteiger partial charge in [0.1, 0.15) is 0 Å². The third kappa shape index (κ3) is 6.94. The molecule has 0 radical (unpaired) electrons. The van der Waals surface area contributed by atoms with E-state index in [0.717, 1.165) is 0 Å². The summed E-state index contributed by atoms with van der Waals surface area (Å²) in [7, 11) is 0. The Kier molecular flexibility index (Phi) is 11.0. The van der Waals surface area contributed by atoms with Gasteiger partial charge >= 0.3 is 0 Å². The average molecular weight is 408 g/mol. The van der Waals surface area contributed by atoms with Crippen LogP contribution in [0.3, 0.4) is 0 Å². The molecule has 0 saturated heterocycles. The first-order chi connectivity index (χ1) is 14.0. The van der Waals surface area contributed by atoms with E-state index in [4.69, 9.17) is 5.73 Å². The molecule has 0 aliphatic heterocycles. The van der Waals surface area contributed by atoms with E-state index < -0.39 is 0 Å². The largest absolute Gasteiger partial charge is 0.312 e. The highest BCUT2D eigenvalue weighted by atomic mass is 15.7. The lowest BCUT2D eigenvalue weighted by Crippen LogP contribution is -2.68. The summed E-state index contributed by atoms with van der Waals surface area (Å²) < 4.78 is 0. The summed E-state index contributed by atoms with van der Waals surface area (Å²) >= 11 is 0. The molecule has 2 rings (SSSR count). The van der Waals surface area contributed by atoms with Crippen LogP contribution in [-0.4, -0.2) is 34.8 Å². The standard InChI is InChI=1S/C26H53N3/c1-5-9-22-28(23-10-6-2)29(24-14-12-11-13-15-24)26(27)20-18-25(16-7-3,17-8-4)19-21-26/h24H,5-23,27H2,1-4H3. The van der Waals surface area contributed by atoms with E-state index in [-0.39, 0.29) is 5.66 Å². The van der Waals surface area contributed by atoms with Gasteiger partial charge in [-0.1, -0.05) is 72.6 Å². The highest BCUT2D eigenvalue weighted by Crippen LogP contribution is 2.48. The van der Waals surface area contributed by atoms with Gasteiger partial charge in [-0.2, -0.15) is 0 Å². The third-order valence-corrected chi connectivity index (χ3v) is 7.96. The zero-order chi connectivity index (χ0) is 21.2. The van der Waals surface area contributed by atoms with Crippen LogP contribution in [0, 0.1) is 5.41 Å². The SMILES string of the molecule is CCCCN(CCCC)N(C1CCCCC1)C1(N)CCC(CCC)(CCC)CC1. The van der Waals surface area contributed by atoms with Crippen LogP contribution >= 0.6 is 0 Å². The summed E-state index contributed by atoms with van der Waals surface area (Å²) in [6.45, 7) is 11.8. The first kappa shape index (κ1) is 25.1. The van der Waals surface area contributed by atoms with Gasteiger partial charge < -0.3 is 5.73 Å². The molecule has 0 amide bonds. The van der Waals surface area contributed by atoms with E-state index in [1.807, 2.05) is 0 Å². The van der Waals surface area contributed by atoms with Gasteiger partial charge in [-0.15, -0.1) is 0 Å². The molecule has 2 saturated carbocycles. The van der Waals surface area contributed by atoms with Gasteiger partial charge in [0.25, 0.3) is 0 Å². The highest BCUT2D eigenvalue weighted by Gasteiger charge is 2.46. The fraction of sp³-hybridized carbons (Fsp3) is 1.00. The molecule has 2 aliphatic rings. The molecule has 2 aliphatic carbocycles. The average Bonchev–Trinajstić information content (AvgIpc) is 2.73. The Morgan fingerprint density at radius 3 is 1.69 bits per heavy atom. The first-order valence-corrected chi connectivity index (χ1v) is 13.4. The lowest BCUT2D eigenvalue weighted by molar-refractivity contribution is -0.169. The van der Waals surface area contributed by atoms with Crippen molar-refractivity contribution in [1.29, 1.82) is 0 Å². The molecule has 29 heavy (non-hydrogen) atoms. The van der Waals surface area contributed by atoms with Crippen molar-refractivity contribution in [3.63, 3.8) is 0 Å². The second kappa shape index (κ2) is 12.7. The molecule has 0 aromatic rings. The van der Waals surface area contributed by atoms with Crippen molar-refractivity contribution in [3.8, 4) is 0 Å². The van der Waals surface area contributed by atoms with Crippen LogP contribution in [0.5, 0.6) is 0 Å². The first-order valence-electron chi connectivity index (χ1n) is 13.4. The highest BCUT2D eigenvalue weighted by molar-refractivity contribution is 4.97. The Bertz CT molecular complexity index is 406. The van der Waals surface area contributed by atoms with E-state index in [1.54, 1.807) is 0 Å². The van der Waals surface area contributed by atoms with E-state index in [2.05, 4.69) is 37.7 Å². The molecule has 0 aromatic heterocycles. The Morgan fingerprint density at radius 2 is 1.24 bits per heavy atom. The van der Waals surface area contributed by atoms with Gasteiger partial charge in [0, 0.05) is 19.1 Å². The Balaban J connectivity index is 2.21. The maximum absolute atomic E-state index is 7.38. The van der Waals surface area contributed by atoms with Gasteiger partial charge in [-0.3, -0.25) is 0 Å². The van der Waals surface area contributed by atoms with Crippen molar-refractivity contribution < 1.29 is 0 Å². The molecule has 0 spiro atoms. The maximum atomic E-state index is 7.38. The summed E-state index contributed by atoms with van der Waals surface area (Å²) in [6, 6.07) is 0.673. The summed E-state index contributed by atoms with van der Waals surface area (Å²) in [6.07, 6.45) is 22.5. The molecule has 0 aromatic carbocycles. The summed E-state index contributed by atoms with van der Waals surface area (Å²) in [5, 5.41) is 5.52. The van der Waals surface area contributed by atoms with Crippen molar-refractivity contribution in [2.75, 3.05) is 13.1 Å². The third-order valence-electron chi connectivity index (χ3n) is 7.96. The Hall–Kier alpha value is -0.120. The second-order valence-electron chi connectivity index (χ2n) is 10.4. The van der Waals surface area contributed by atoms with Crippen LogP contribution in [-0.2, 0) is 0 Å². The minimum absolute atomic E-state index is 0.117. The molecule has 0 heterocycles. The number of hydrogen-bond acceptors (Lipinski definition) is 3. The van der Waals surface area contributed by atoms with Gasteiger partial charge in [0.15, 0.2) is 0 Å². The number of nitrogens with two attached hydrogens (primary N) is 1. The molecular weight excluding hydrogens is 354 g/mol. The lowest BCUT2D eigenvalue weighted by Gasteiger charge is -2.56. The fourth-order valence-corrected chi connectivity index (χ4v) is 6.34. The molecule has 172 valence electrons. The summed E-state index contributed by atoms with van der Waals surface area (Å²) in [4.78, 5) is 0. The fourth-order valence-electron chi connectivity index (χ4n) is 6.34. The van der Waals surface area contributed by atoms with Crippen LogP contribution in [0.15, 0.2) is 0 Å². The van der Waals surface area contributed by atoms with E-state index in [1.165, 1.54) is 122 Å². The zero-order valence-electron chi connectivity index (χ0n) is 20.5. The van der Waals surface area contributed by atoms with Crippen molar-refractivity contribution in [1.82, 2.24) is 10.0 Å². The monoisotopic (exact) mass is 407 g/mol. The number of rotatable bonds is 13. The van der Waals surface area contributed by atoms with Gasteiger partial charge in [0.05, 0.1) is 5.66 Å². The Labute approximate surface area is 183 Å². The van der Waals surface area contributed by atoms with Crippen LogP contribution in [0.25, 0.3) is 0 Å². The number of nitrogens with zero attached hydrogens (tertiary/aromatic N) is 2. The normalized spacial score (nSPS) is 22.4. The smallest absolute Gasteiger partial charge is 0.0826 e. The van der Waals surface area contributed by atoms with Gasteiger partial charge in [-0.25, -0.2) is 10.0 Å². The van der Waals surface area contributed by atoms with Crippen molar-refractivity contribution >= 4 is 0 Å². The maximum Gasteiger partial charge on any atom is 0.0826 e. The van der Waals surface area contributed by atoms with Gasteiger partial charge in [-0.05, 0) is 69.6 Å². The number of hydrazine groups is 1. The van der Waals surface area contributed by atoms with Crippen molar-refractivity contribution in [2.24, 2.45) is 11.1 Å². The molecule has 0 unspecified atom stereocenters. The minimum Gasteiger partial charge on any atom is -0.312 e. The van der Waals surface area contributed by atoms with Gasteiger partial charge in [0.2, 0.25) is 0 Å². The lowest BCUT2D eigenvalue weighted by atomic mass is 9.65. The summed E-state index contributed by atoms with van der Waals surface area (Å²) in [5.41, 5.74) is 7.83. The summed E-state index contributed by atoms with van der Waals surface area (Å²) in [5.74, 6) is 0. The second-order valence-corrected chi connectivity index (χ2v) is 10.4. The van der Waals surface area contributed by atoms with Crippen molar-refractivity contribution in [2.45, 2.75) is 149 Å². The quantitative estimate of drug-likeness (QED) is 0.258. The molecule has 3 nitrogen and oxygen atoms in total. The molecule has 0 atom stereocenters. The van der Waals surface area contributed by atoms with Crippen LogP contribution in [0.1, 0.15) is 137 Å². The predicted molar refractivity (Wildman–Crippen MR) is 128 cm³/mol. The minimum atomic E-state index is -0.117. The van der Waals surface area contributed by atoms with E-state index in [0.29, 0.717) is 11.5 Å². The predicted octanol–water partition coefficient (Wildman–Crippen LogP) is 7.25. The van der Waals surface area contributed by atoms with Crippen molar-refractivity contribution in [3.05, 3.63) is 0 Å². The molecule has 2 fully saturated rings. The number of hydrogen-bond donors (Lipinski definition) is 1. The Morgan fingerprint density at radius 1 is 0.724 bits per heavy atom. The van der Waals surface area contributed by atoms with Crippen LogP contribution in [0.4, 0.5) is 0 Å². The molecule has 0 bridgehead atoms.